The van der Waals surface area contributed by atoms with Crippen LogP contribution in [0.4, 0.5) is 5.82 Å². The second-order valence-corrected chi connectivity index (χ2v) is 10.2. The molecule has 11 nitrogen and oxygen atoms in total. The third-order valence-corrected chi connectivity index (χ3v) is 6.32. The Kier molecular flexibility index (Phi) is 7.28. The molecule has 0 spiro atoms. The van der Waals surface area contributed by atoms with Crippen LogP contribution in [0.2, 0.25) is 5.28 Å². The Morgan fingerprint density at radius 3 is 2.59 bits per heavy atom. The van der Waals surface area contributed by atoms with Crippen molar-refractivity contribution >= 4 is 36.0 Å². The topological polar surface area (TPSA) is 159 Å². The number of aliphatic hydroxyl groups is 2. The van der Waals surface area contributed by atoms with Crippen LogP contribution >= 0.6 is 19.2 Å². The van der Waals surface area contributed by atoms with Crippen molar-refractivity contribution in [1.82, 2.24) is 14.5 Å². The van der Waals surface area contributed by atoms with Crippen LogP contribution in [0, 0.1) is 6.92 Å². The molecule has 5 atom stereocenters. The van der Waals surface area contributed by atoms with E-state index in [1.54, 1.807) is 12.3 Å². The van der Waals surface area contributed by atoms with Crippen LogP contribution in [-0.2, 0) is 14.0 Å². The molecule has 3 heterocycles. The van der Waals surface area contributed by atoms with Crippen molar-refractivity contribution in [2.75, 3.05) is 18.3 Å². The van der Waals surface area contributed by atoms with Crippen LogP contribution < -0.4 is 5.32 Å². The van der Waals surface area contributed by atoms with Gasteiger partial charge in [-0.1, -0.05) is 29.8 Å². The number of nitrogens with zero attached hydrogens (tertiary/aromatic N) is 3. The number of aryl methyl sites for hydroxylation is 1. The van der Waals surface area contributed by atoms with Crippen LogP contribution in [0.15, 0.2) is 36.5 Å². The van der Waals surface area contributed by atoms with Crippen molar-refractivity contribution in [3.63, 3.8) is 0 Å². The van der Waals surface area contributed by atoms with E-state index in [0.717, 1.165) is 11.1 Å². The Hall–Kier alpha value is -2.08. The van der Waals surface area contributed by atoms with Crippen LogP contribution in [0.25, 0.3) is 11.0 Å². The number of aliphatic hydroxyl groups excluding tert-OH is 2. The Bertz CT molecular complexity index is 1200. The zero-order valence-electron chi connectivity index (χ0n) is 18.4. The Morgan fingerprint density at radius 2 is 1.91 bits per heavy atom. The van der Waals surface area contributed by atoms with E-state index in [1.165, 1.54) is 4.57 Å². The van der Waals surface area contributed by atoms with Gasteiger partial charge in [-0.25, -0.2) is 4.98 Å². The molecule has 34 heavy (non-hydrogen) atoms. The van der Waals surface area contributed by atoms with Gasteiger partial charge in [-0.2, -0.15) is 4.98 Å². The summed E-state index contributed by atoms with van der Waals surface area (Å²) >= 11 is 6.19. The molecule has 1 fully saturated rings. The van der Waals surface area contributed by atoms with E-state index in [9.17, 15) is 14.8 Å². The summed E-state index contributed by atoms with van der Waals surface area (Å²) in [6.45, 7) is 3.70. The van der Waals surface area contributed by atoms with Gasteiger partial charge in [0.2, 0.25) is 5.28 Å². The molecule has 2 aromatic heterocycles. The number of hydrogen-bond donors (Lipinski definition) is 5. The molecule has 1 aliphatic rings. The number of halogens is 1. The molecule has 5 N–H and O–H groups in total. The Balaban J connectivity index is 1.56. The number of benzene rings is 1. The van der Waals surface area contributed by atoms with Crippen molar-refractivity contribution in [2.24, 2.45) is 0 Å². The minimum absolute atomic E-state index is 0.0133. The number of anilines is 1. The summed E-state index contributed by atoms with van der Waals surface area (Å²) in [6, 6.07) is 9.76. The van der Waals surface area contributed by atoms with Gasteiger partial charge in [-0.3, -0.25) is 4.57 Å². The average molecular weight is 513 g/mol. The molecule has 184 valence electrons. The number of fused-ring (bicyclic) bond motifs is 1. The number of nitrogens with one attached hydrogen (secondary N) is 1. The highest BCUT2D eigenvalue weighted by Crippen LogP contribution is 2.37. The molecule has 1 aromatic carbocycles. The lowest BCUT2D eigenvalue weighted by Crippen LogP contribution is -2.33. The minimum atomic E-state index is -4.37. The van der Waals surface area contributed by atoms with Gasteiger partial charge in [0.1, 0.15) is 36.1 Å². The van der Waals surface area contributed by atoms with Gasteiger partial charge in [0.25, 0.3) is 0 Å². The number of aromatic nitrogens is 3. The molecular weight excluding hydrogens is 487 g/mol. The third kappa shape index (κ3) is 5.42. The molecule has 0 aliphatic carbocycles. The highest BCUT2D eigenvalue weighted by molar-refractivity contribution is 7.51. The molecule has 4 rings (SSSR count). The first kappa shape index (κ1) is 25.0. The second kappa shape index (κ2) is 9.88. The summed E-state index contributed by atoms with van der Waals surface area (Å²) in [4.78, 5) is 26.5. The molecule has 0 amide bonds. The highest BCUT2D eigenvalue weighted by atomic mass is 35.5. The molecule has 0 saturated carbocycles. The molecule has 3 aromatic rings. The van der Waals surface area contributed by atoms with Crippen LogP contribution in [0.5, 0.6) is 0 Å². The third-order valence-electron chi connectivity index (χ3n) is 5.63. The monoisotopic (exact) mass is 512 g/mol. The lowest BCUT2D eigenvalue weighted by molar-refractivity contribution is -0.0610. The van der Waals surface area contributed by atoms with Crippen molar-refractivity contribution in [1.29, 1.82) is 0 Å². The number of rotatable bonds is 8. The first-order valence-electron chi connectivity index (χ1n) is 10.5. The van der Waals surface area contributed by atoms with Gasteiger partial charge < -0.3 is 39.4 Å². The van der Waals surface area contributed by atoms with Crippen LogP contribution in [-0.4, -0.2) is 65.8 Å². The molecule has 13 heteroatoms. The predicted molar refractivity (Wildman–Crippen MR) is 125 cm³/mol. The fourth-order valence-electron chi connectivity index (χ4n) is 3.85. The standard InChI is InChI=1S/C21H26ClN4O7P/c1-11-3-5-13(6-4-11)12(2)23-18-14-7-8-26(19(14)25-21(22)24-18)20-17(28)16(27)15(33-20)9-32-10-34(29,30)31/h3-8,12,15-17,20,27-28H,9-10H2,1-2H3,(H,23,24,25)(H2,29,30,31)/t12-,15+,16+,17+,20+/m0/s1. The summed E-state index contributed by atoms with van der Waals surface area (Å²) in [6.07, 6.45) is -3.88. The summed E-state index contributed by atoms with van der Waals surface area (Å²) in [5.41, 5.74) is 2.60. The average Bonchev–Trinajstić information content (AvgIpc) is 3.29. The largest absolute Gasteiger partial charge is 0.387 e. The zero-order valence-corrected chi connectivity index (χ0v) is 20.1. The SMILES string of the molecule is Cc1ccc([C@H](C)Nc2nc(Cl)nc3c2ccn3[C@@H]2O[C@H](COCP(=O)(O)O)[C@@H](O)[C@H]2O)cc1. The lowest BCUT2D eigenvalue weighted by Gasteiger charge is -2.19. The van der Waals surface area contributed by atoms with Crippen LogP contribution in [0.3, 0.4) is 0 Å². The summed E-state index contributed by atoms with van der Waals surface area (Å²) in [5, 5.41) is 24.9. The number of hydrogen-bond acceptors (Lipinski definition) is 8. The maximum Gasteiger partial charge on any atom is 0.350 e. The predicted octanol–water partition coefficient (Wildman–Crippen LogP) is 2.34. The van der Waals surface area contributed by atoms with E-state index in [2.05, 4.69) is 15.3 Å². The van der Waals surface area contributed by atoms with Gasteiger partial charge in [0.15, 0.2) is 6.23 Å². The molecular formula is C21H26ClN4O7P. The molecule has 0 radical (unpaired) electrons. The molecule has 0 unspecified atom stereocenters. The fourth-order valence-corrected chi connectivity index (χ4v) is 4.36. The molecule has 0 bridgehead atoms. The second-order valence-electron chi connectivity index (χ2n) is 8.29. The van der Waals surface area contributed by atoms with Gasteiger partial charge in [0, 0.05) is 12.2 Å². The van der Waals surface area contributed by atoms with Crippen molar-refractivity contribution in [3.05, 3.63) is 52.9 Å². The maximum absolute atomic E-state index is 11.0. The molecule has 1 aliphatic heterocycles. The summed E-state index contributed by atoms with van der Waals surface area (Å²) in [7, 11) is -4.37. The van der Waals surface area contributed by atoms with E-state index in [4.69, 9.17) is 30.9 Å². The highest BCUT2D eigenvalue weighted by Gasteiger charge is 2.44. The number of ether oxygens (including phenoxy) is 2. The summed E-state index contributed by atoms with van der Waals surface area (Å²) in [5.74, 6) is 0.497. The fraction of sp³-hybridized carbons (Fsp3) is 0.429. The normalized spacial score (nSPS) is 24.0. The van der Waals surface area contributed by atoms with Gasteiger partial charge >= 0.3 is 7.60 Å². The minimum Gasteiger partial charge on any atom is -0.387 e. The van der Waals surface area contributed by atoms with Gasteiger partial charge in [0.05, 0.1) is 12.0 Å². The maximum atomic E-state index is 11.0. The van der Waals surface area contributed by atoms with Crippen molar-refractivity contribution in [2.45, 2.75) is 44.4 Å². The van der Waals surface area contributed by atoms with Crippen LogP contribution in [0.1, 0.15) is 30.3 Å². The van der Waals surface area contributed by atoms with Gasteiger partial charge in [-0.15, -0.1) is 0 Å². The first-order chi connectivity index (χ1) is 16.0. The van der Waals surface area contributed by atoms with E-state index < -0.39 is 38.5 Å². The van der Waals surface area contributed by atoms with Crippen molar-refractivity contribution < 1.29 is 34.0 Å². The van der Waals surface area contributed by atoms with E-state index in [1.807, 2.05) is 38.1 Å². The van der Waals surface area contributed by atoms with Crippen molar-refractivity contribution in [3.8, 4) is 0 Å². The van der Waals surface area contributed by atoms with Gasteiger partial charge in [-0.05, 0) is 37.1 Å². The first-order valence-corrected chi connectivity index (χ1v) is 12.7. The Labute approximate surface area is 200 Å². The van der Waals surface area contributed by atoms with E-state index in [-0.39, 0.29) is 17.9 Å². The lowest BCUT2D eigenvalue weighted by atomic mass is 10.1. The van der Waals surface area contributed by atoms with E-state index in [0.29, 0.717) is 16.9 Å². The quantitative estimate of drug-likeness (QED) is 0.224. The zero-order chi connectivity index (χ0) is 24.6. The summed E-state index contributed by atoms with van der Waals surface area (Å²) < 4.78 is 23.2. The Morgan fingerprint density at radius 1 is 1.21 bits per heavy atom. The van der Waals surface area contributed by atoms with E-state index >= 15 is 0 Å². The molecule has 1 saturated heterocycles. The smallest absolute Gasteiger partial charge is 0.350 e.